The number of hydrogen-bond acceptors (Lipinski definition) is 7. The van der Waals surface area contributed by atoms with E-state index in [1.807, 2.05) is 24.8 Å². The predicted molar refractivity (Wildman–Crippen MR) is 137 cm³/mol. The number of nitrogens with one attached hydrogen (secondary N) is 2. The first-order valence-corrected chi connectivity index (χ1v) is 12.9. The number of carbonyl (C=O) groups is 1. The molecule has 2 fully saturated rings. The number of aromatic nitrogens is 2. The van der Waals surface area contributed by atoms with E-state index in [1.165, 1.54) is 0 Å². The third-order valence-corrected chi connectivity index (χ3v) is 8.21. The number of anilines is 4. The minimum absolute atomic E-state index is 0.0546. The highest BCUT2D eigenvalue weighted by atomic mass is 19.1. The molecule has 2 atom stereocenters. The third kappa shape index (κ3) is 3.56. The number of benzene rings is 1. The van der Waals surface area contributed by atoms with E-state index < -0.39 is 5.41 Å². The van der Waals surface area contributed by atoms with Crippen molar-refractivity contribution in [3.05, 3.63) is 39.4 Å². The molecule has 9 nitrogen and oxygen atoms in total. The fraction of sp³-hybridized carbons (Fsp3) is 0.577. The van der Waals surface area contributed by atoms with Crippen LogP contribution in [0, 0.1) is 5.82 Å². The normalized spacial score (nSPS) is 25.1. The minimum atomic E-state index is -0.901. The molecule has 0 aliphatic carbocycles. The van der Waals surface area contributed by atoms with Gasteiger partial charge in [-0.1, -0.05) is 0 Å². The maximum absolute atomic E-state index is 15.8. The molecule has 0 saturated carbocycles. The minimum Gasteiger partial charge on any atom is -0.372 e. The fourth-order valence-electron chi connectivity index (χ4n) is 6.48. The average molecular weight is 497 g/mol. The second-order valence-corrected chi connectivity index (χ2v) is 10.7. The molecule has 1 aromatic carbocycles. The van der Waals surface area contributed by atoms with E-state index in [4.69, 9.17) is 4.74 Å². The molecule has 5 heterocycles. The first-order chi connectivity index (χ1) is 17.3. The van der Waals surface area contributed by atoms with Gasteiger partial charge < -0.3 is 24.8 Å². The van der Waals surface area contributed by atoms with Gasteiger partial charge >= 0.3 is 0 Å². The van der Waals surface area contributed by atoms with Crippen molar-refractivity contribution in [2.24, 2.45) is 0 Å². The molecule has 1 amide bonds. The highest BCUT2D eigenvalue weighted by Crippen LogP contribution is 2.50. The molecule has 2 saturated heterocycles. The van der Waals surface area contributed by atoms with Crippen molar-refractivity contribution in [3.8, 4) is 0 Å². The second-order valence-electron chi connectivity index (χ2n) is 10.7. The lowest BCUT2D eigenvalue weighted by atomic mass is 9.73. The summed E-state index contributed by atoms with van der Waals surface area (Å²) in [6, 6.07) is 3.54. The van der Waals surface area contributed by atoms with Crippen LogP contribution < -0.4 is 25.6 Å². The van der Waals surface area contributed by atoms with Gasteiger partial charge in [-0.2, -0.15) is 4.98 Å². The molecule has 0 bridgehead atoms. The molecule has 36 heavy (non-hydrogen) atoms. The van der Waals surface area contributed by atoms with Gasteiger partial charge in [0.25, 0.3) is 5.56 Å². The Morgan fingerprint density at radius 3 is 2.56 bits per heavy atom. The van der Waals surface area contributed by atoms with Crippen molar-refractivity contribution in [1.29, 1.82) is 0 Å². The summed E-state index contributed by atoms with van der Waals surface area (Å²) >= 11 is 0. The van der Waals surface area contributed by atoms with Crippen molar-refractivity contribution < 1.29 is 13.9 Å². The van der Waals surface area contributed by atoms with E-state index in [9.17, 15) is 9.59 Å². The third-order valence-electron chi connectivity index (χ3n) is 8.21. The number of aromatic amines is 1. The first kappa shape index (κ1) is 23.3. The molecular formula is C26H33FN6O3. The standard InChI is InChI=1S/C26H33FN6O3/c1-15-13-33(14-16(2)36-15)17-11-19(27)21-20(12-17)31(3)24(35)26(21)6-9-32(10-7-26)25-29-22-18(23(34)30-25)5-4-8-28-22/h11-12,15-16H,4-10,13-14H2,1-3H3,(H2,28,29,30,34)/t15-,16+. The quantitative estimate of drug-likeness (QED) is 0.660. The lowest BCUT2D eigenvalue weighted by molar-refractivity contribution is -0.123. The van der Waals surface area contributed by atoms with Gasteiger partial charge in [0.15, 0.2) is 0 Å². The highest BCUT2D eigenvalue weighted by molar-refractivity contribution is 6.08. The second kappa shape index (κ2) is 8.47. The number of nitrogens with zero attached hydrogens (tertiary/aromatic N) is 4. The van der Waals surface area contributed by atoms with Gasteiger partial charge in [-0.25, -0.2) is 4.39 Å². The van der Waals surface area contributed by atoms with E-state index >= 15 is 4.39 Å². The van der Waals surface area contributed by atoms with Gasteiger partial charge in [0.1, 0.15) is 11.6 Å². The Bertz CT molecular complexity index is 1260. The lowest BCUT2D eigenvalue weighted by Crippen LogP contribution is -2.49. The van der Waals surface area contributed by atoms with Crippen LogP contribution in [0.25, 0.3) is 0 Å². The van der Waals surface area contributed by atoms with E-state index in [0.717, 1.165) is 25.1 Å². The van der Waals surface area contributed by atoms with Gasteiger partial charge in [0.05, 0.1) is 28.9 Å². The Hall–Kier alpha value is -3.14. The fourth-order valence-corrected chi connectivity index (χ4v) is 6.48. The van der Waals surface area contributed by atoms with Gasteiger partial charge in [0.2, 0.25) is 11.9 Å². The molecule has 4 aliphatic rings. The Morgan fingerprint density at radius 1 is 1.11 bits per heavy atom. The number of piperidine rings is 1. The van der Waals surface area contributed by atoms with Gasteiger partial charge in [-0.05, 0) is 51.7 Å². The largest absolute Gasteiger partial charge is 0.372 e. The zero-order valence-electron chi connectivity index (χ0n) is 21.1. The number of hydrogen-bond donors (Lipinski definition) is 2. The maximum atomic E-state index is 15.8. The summed E-state index contributed by atoms with van der Waals surface area (Å²) in [5.41, 5.74) is 1.62. The SMILES string of the molecule is C[C@@H]1CN(c2cc(F)c3c(c2)N(C)C(=O)C32CCN(c3nc4c(c(=O)[nH]3)CCCN4)CC2)C[C@H](C)O1. The molecule has 2 N–H and O–H groups in total. The van der Waals surface area contributed by atoms with E-state index in [0.29, 0.717) is 67.6 Å². The Balaban J connectivity index is 1.29. The maximum Gasteiger partial charge on any atom is 0.257 e. The van der Waals surface area contributed by atoms with Crippen LogP contribution in [0.4, 0.5) is 27.5 Å². The summed E-state index contributed by atoms with van der Waals surface area (Å²) in [5.74, 6) is 0.761. The van der Waals surface area contributed by atoms with Crippen LogP contribution in [-0.4, -0.2) is 67.9 Å². The van der Waals surface area contributed by atoms with E-state index in [-0.39, 0.29) is 29.5 Å². The molecule has 4 aliphatic heterocycles. The summed E-state index contributed by atoms with van der Waals surface area (Å²) in [6.45, 7) is 7.20. The predicted octanol–water partition coefficient (Wildman–Crippen LogP) is 2.40. The number of rotatable bonds is 2. The van der Waals surface area contributed by atoms with Gasteiger partial charge in [-0.15, -0.1) is 0 Å². The molecule has 192 valence electrons. The number of likely N-dealkylation sites (N-methyl/N-ethyl adjacent to an activating group) is 1. The van der Waals surface area contributed by atoms with Crippen molar-refractivity contribution in [2.75, 3.05) is 59.8 Å². The molecule has 10 heteroatoms. The number of amides is 1. The number of carbonyl (C=O) groups excluding carboxylic acids is 1. The van der Waals surface area contributed by atoms with Crippen LogP contribution in [0.3, 0.4) is 0 Å². The smallest absolute Gasteiger partial charge is 0.257 e. The molecule has 0 radical (unpaired) electrons. The summed E-state index contributed by atoms with van der Waals surface area (Å²) in [5, 5.41) is 3.22. The topological polar surface area (TPSA) is 93.8 Å². The van der Waals surface area contributed by atoms with Crippen LogP contribution in [0.5, 0.6) is 0 Å². The Morgan fingerprint density at radius 2 is 1.83 bits per heavy atom. The number of morpholine rings is 1. The Kier molecular flexibility index (Phi) is 5.47. The molecular weight excluding hydrogens is 463 g/mol. The zero-order valence-corrected chi connectivity index (χ0v) is 21.1. The molecule has 2 aromatic rings. The van der Waals surface area contributed by atoms with Gasteiger partial charge in [0, 0.05) is 51.0 Å². The van der Waals surface area contributed by atoms with Crippen LogP contribution in [0.15, 0.2) is 16.9 Å². The lowest BCUT2D eigenvalue weighted by Gasteiger charge is -2.39. The van der Waals surface area contributed by atoms with Crippen LogP contribution in [0.1, 0.15) is 44.2 Å². The van der Waals surface area contributed by atoms with Gasteiger partial charge in [-0.3, -0.25) is 14.6 Å². The van der Waals surface area contributed by atoms with Crippen molar-refractivity contribution in [1.82, 2.24) is 9.97 Å². The summed E-state index contributed by atoms with van der Waals surface area (Å²) in [6.07, 6.45) is 2.65. The van der Waals surface area contributed by atoms with Crippen LogP contribution >= 0.6 is 0 Å². The number of ether oxygens (including phenoxy) is 1. The van der Waals surface area contributed by atoms with Crippen molar-refractivity contribution in [2.45, 2.75) is 57.2 Å². The zero-order chi connectivity index (χ0) is 25.2. The number of halogens is 1. The highest BCUT2D eigenvalue weighted by Gasteiger charge is 2.53. The van der Waals surface area contributed by atoms with Crippen LogP contribution in [0.2, 0.25) is 0 Å². The average Bonchev–Trinajstić information content (AvgIpc) is 3.06. The summed E-state index contributed by atoms with van der Waals surface area (Å²) in [7, 11) is 1.74. The first-order valence-electron chi connectivity index (χ1n) is 12.9. The molecule has 1 aromatic heterocycles. The van der Waals surface area contributed by atoms with E-state index in [2.05, 4.69) is 20.2 Å². The summed E-state index contributed by atoms with van der Waals surface area (Å²) < 4.78 is 21.7. The Labute approximate surface area is 209 Å². The van der Waals surface area contributed by atoms with E-state index in [1.54, 1.807) is 18.0 Å². The molecule has 1 spiro atoms. The molecule has 0 unspecified atom stereocenters. The number of fused-ring (bicyclic) bond motifs is 3. The van der Waals surface area contributed by atoms with Crippen LogP contribution in [-0.2, 0) is 21.4 Å². The number of H-pyrrole nitrogens is 1. The van der Waals surface area contributed by atoms with Crippen molar-refractivity contribution in [3.63, 3.8) is 0 Å². The summed E-state index contributed by atoms with van der Waals surface area (Å²) in [4.78, 5) is 39.5. The monoisotopic (exact) mass is 496 g/mol. The molecule has 6 rings (SSSR count). The van der Waals surface area contributed by atoms with Crippen molar-refractivity contribution >= 4 is 29.0 Å².